The van der Waals surface area contributed by atoms with E-state index in [1.165, 1.54) is 5.56 Å². The Bertz CT molecular complexity index is 1270. The SMILES string of the molecule is Cc1ccc(C(=O)N2CCc3c(c(C(=O)N4CCNC(=O)CC4)nn3CCc3ccccc3)C2)cc1. The molecule has 3 aromatic rings. The molecule has 186 valence electrons. The fourth-order valence-corrected chi connectivity index (χ4v) is 4.90. The molecule has 1 saturated heterocycles. The number of nitrogens with one attached hydrogen (secondary N) is 1. The molecule has 0 bridgehead atoms. The summed E-state index contributed by atoms with van der Waals surface area (Å²) in [5.74, 6) is -0.262. The van der Waals surface area contributed by atoms with Gasteiger partial charge < -0.3 is 15.1 Å². The molecule has 8 nitrogen and oxygen atoms in total. The molecule has 2 aliphatic heterocycles. The van der Waals surface area contributed by atoms with Gasteiger partial charge in [-0.15, -0.1) is 0 Å². The maximum Gasteiger partial charge on any atom is 0.274 e. The zero-order valence-electron chi connectivity index (χ0n) is 20.6. The second-order valence-electron chi connectivity index (χ2n) is 9.47. The molecule has 0 unspecified atom stereocenters. The van der Waals surface area contributed by atoms with E-state index in [0.717, 1.165) is 23.2 Å². The molecule has 0 saturated carbocycles. The number of hydrogen-bond acceptors (Lipinski definition) is 4. The molecular weight excluding hydrogens is 454 g/mol. The standard InChI is InChI=1S/C28H31N5O3/c1-20-7-9-22(10-8-20)27(35)32-15-12-24-23(19-32)26(28(36)31-16-13-25(34)29-14-18-31)30-33(24)17-11-21-5-3-2-4-6-21/h2-10H,11-19H2,1H3,(H,29,34). The lowest BCUT2D eigenvalue weighted by Gasteiger charge is -2.28. The molecular formula is C28H31N5O3. The van der Waals surface area contributed by atoms with E-state index in [-0.39, 0.29) is 24.1 Å². The summed E-state index contributed by atoms with van der Waals surface area (Å²) >= 11 is 0. The summed E-state index contributed by atoms with van der Waals surface area (Å²) in [5, 5.41) is 7.61. The number of aryl methyl sites for hydroxylation is 3. The largest absolute Gasteiger partial charge is 0.354 e. The molecule has 8 heteroatoms. The number of fused-ring (bicyclic) bond motifs is 1. The van der Waals surface area contributed by atoms with Crippen molar-refractivity contribution in [1.82, 2.24) is 24.9 Å². The van der Waals surface area contributed by atoms with Crippen LogP contribution >= 0.6 is 0 Å². The molecule has 3 heterocycles. The smallest absolute Gasteiger partial charge is 0.274 e. The highest BCUT2D eigenvalue weighted by molar-refractivity contribution is 5.96. The quantitative estimate of drug-likeness (QED) is 0.602. The first-order valence-electron chi connectivity index (χ1n) is 12.5. The Labute approximate surface area is 210 Å². The lowest BCUT2D eigenvalue weighted by molar-refractivity contribution is -0.120. The van der Waals surface area contributed by atoms with E-state index in [0.29, 0.717) is 56.9 Å². The summed E-state index contributed by atoms with van der Waals surface area (Å²) in [4.78, 5) is 42.2. The van der Waals surface area contributed by atoms with E-state index in [2.05, 4.69) is 17.4 Å². The first kappa shape index (κ1) is 23.8. The number of amides is 3. The van der Waals surface area contributed by atoms with Crippen LogP contribution in [-0.2, 0) is 30.7 Å². The van der Waals surface area contributed by atoms with Crippen molar-refractivity contribution in [2.45, 2.75) is 39.3 Å². The number of nitrogens with zero attached hydrogens (tertiary/aromatic N) is 4. The minimum Gasteiger partial charge on any atom is -0.354 e. The Hall–Kier alpha value is -3.94. The van der Waals surface area contributed by atoms with Gasteiger partial charge in [-0.05, 0) is 31.0 Å². The predicted octanol–water partition coefficient (Wildman–Crippen LogP) is 2.59. The first-order chi connectivity index (χ1) is 17.5. The van der Waals surface area contributed by atoms with E-state index >= 15 is 0 Å². The van der Waals surface area contributed by atoms with Crippen LogP contribution in [0.25, 0.3) is 0 Å². The molecule has 1 fully saturated rings. The van der Waals surface area contributed by atoms with Gasteiger partial charge in [-0.3, -0.25) is 19.1 Å². The van der Waals surface area contributed by atoms with Gasteiger partial charge in [0.25, 0.3) is 11.8 Å². The second-order valence-corrected chi connectivity index (χ2v) is 9.47. The minimum absolute atomic E-state index is 0.0411. The van der Waals surface area contributed by atoms with Crippen LogP contribution in [0, 0.1) is 6.92 Å². The van der Waals surface area contributed by atoms with Crippen LogP contribution < -0.4 is 5.32 Å². The number of carbonyl (C=O) groups is 3. The van der Waals surface area contributed by atoms with E-state index in [1.807, 2.05) is 54.1 Å². The second kappa shape index (κ2) is 10.4. The van der Waals surface area contributed by atoms with Gasteiger partial charge in [0.2, 0.25) is 5.91 Å². The predicted molar refractivity (Wildman–Crippen MR) is 136 cm³/mol. The van der Waals surface area contributed by atoms with Crippen molar-refractivity contribution in [3.63, 3.8) is 0 Å². The zero-order valence-corrected chi connectivity index (χ0v) is 20.6. The number of benzene rings is 2. The highest BCUT2D eigenvalue weighted by Gasteiger charge is 2.32. The fourth-order valence-electron chi connectivity index (χ4n) is 4.90. The normalized spacial score (nSPS) is 15.8. The van der Waals surface area contributed by atoms with Crippen LogP contribution in [0.15, 0.2) is 54.6 Å². The zero-order chi connectivity index (χ0) is 25.1. The van der Waals surface area contributed by atoms with Gasteiger partial charge in [-0.25, -0.2) is 0 Å². The Kier molecular flexibility index (Phi) is 6.84. The van der Waals surface area contributed by atoms with Crippen LogP contribution in [0.2, 0.25) is 0 Å². The number of aromatic nitrogens is 2. The molecule has 2 aliphatic rings. The lowest BCUT2D eigenvalue weighted by atomic mass is 10.0. The van der Waals surface area contributed by atoms with Crippen LogP contribution in [-0.4, -0.2) is 63.5 Å². The minimum atomic E-state index is -0.175. The fraction of sp³-hybridized carbons (Fsp3) is 0.357. The summed E-state index contributed by atoms with van der Waals surface area (Å²) in [6, 6.07) is 17.8. The van der Waals surface area contributed by atoms with Crippen molar-refractivity contribution in [2.24, 2.45) is 0 Å². The van der Waals surface area contributed by atoms with Crippen molar-refractivity contribution >= 4 is 17.7 Å². The van der Waals surface area contributed by atoms with Crippen molar-refractivity contribution in [3.8, 4) is 0 Å². The van der Waals surface area contributed by atoms with Crippen molar-refractivity contribution in [1.29, 1.82) is 0 Å². The van der Waals surface area contributed by atoms with Gasteiger partial charge >= 0.3 is 0 Å². The first-order valence-corrected chi connectivity index (χ1v) is 12.5. The number of carbonyl (C=O) groups excluding carboxylic acids is 3. The third-order valence-corrected chi connectivity index (χ3v) is 6.98. The highest BCUT2D eigenvalue weighted by Crippen LogP contribution is 2.26. The van der Waals surface area contributed by atoms with Crippen LogP contribution in [0.4, 0.5) is 0 Å². The van der Waals surface area contributed by atoms with Gasteiger partial charge in [0.15, 0.2) is 5.69 Å². The molecule has 0 spiro atoms. The van der Waals surface area contributed by atoms with E-state index in [1.54, 1.807) is 9.80 Å². The summed E-state index contributed by atoms with van der Waals surface area (Å²) in [6.07, 6.45) is 1.72. The van der Waals surface area contributed by atoms with Crippen LogP contribution in [0.5, 0.6) is 0 Å². The van der Waals surface area contributed by atoms with Crippen molar-refractivity contribution < 1.29 is 14.4 Å². The maximum absolute atomic E-state index is 13.6. The van der Waals surface area contributed by atoms with E-state index in [4.69, 9.17) is 5.10 Å². The Balaban J connectivity index is 1.43. The lowest BCUT2D eigenvalue weighted by Crippen LogP contribution is -2.38. The molecule has 0 radical (unpaired) electrons. The van der Waals surface area contributed by atoms with Gasteiger partial charge in [0.1, 0.15) is 0 Å². The topological polar surface area (TPSA) is 87.5 Å². The molecule has 0 atom stereocenters. The van der Waals surface area contributed by atoms with Crippen LogP contribution in [0.1, 0.15) is 49.7 Å². The number of rotatable bonds is 5. The molecule has 2 aromatic carbocycles. The van der Waals surface area contributed by atoms with E-state index in [9.17, 15) is 14.4 Å². The Morgan fingerprint density at radius 3 is 2.44 bits per heavy atom. The van der Waals surface area contributed by atoms with Crippen LogP contribution in [0.3, 0.4) is 0 Å². The molecule has 3 amide bonds. The summed E-state index contributed by atoms with van der Waals surface area (Å²) in [5.41, 5.74) is 5.19. The molecule has 5 rings (SSSR count). The average Bonchev–Trinajstić information content (AvgIpc) is 3.12. The molecule has 0 aliphatic carbocycles. The maximum atomic E-state index is 13.6. The average molecular weight is 486 g/mol. The molecule has 1 aromatic heterocycles. The summed E-state index contributed by atoms with van der Waals surface area (Å²) < 4.78 is 1.95. The van der Waals surface area contributed by atoms with Crippen molar-refractivity contribution in [3.05, 3.63) is 88.2 Å². The third kappa shape index (κ3) is 5.03. The Morgan fingerprint density at radius 2 is 1.67 bits per heavy atom. The van der Waals surface area contributed by atoms with Gasteiger partial charge in [0.05, 0.1) is 6.54 Å². The number of hydrogen-bond donors (Lipinski definition) is 1. The molecule has 36 heavy (non-hydrogen) atoms. The van der Waals surface area contributed by atoms with Gasteiger partial charge in [-0.1, -0.05) is 48.0 Å². The monoisotopic (exact) mass is 485 g/mol. The summed E-state index contributed by atoms with van der Waals surface area (Å²) in [6.45, 7) is 4.82. The van der Waals surface area contributed by atoms with Gasteiger partial charge in [0, 0.05) is 62.4 Å². The summed E-state index contributed by atoms with van der Waals surface area (Å²) in [7, 11) is 0. The van der Waals surface area contributed by atoms with E-state index < -0.39 is 0 Å². The third-order valence-electron chi connectivity index (χ3n) is 6.98. The Morgan fingerprint density at radius 1 is 0.917 bits per heavy atom. The van der Waals surface area contributed by atoms with Crippen molar-refractivity contribution in [2.75, 3.05) is 26.2 Å². The highest BCUT2D eigenvalue weighted by atomic mass is 16.2. The van der Waals surface area contributed by atoms with Gasteiger partial charge in [-0.2, -0.15) is 5.10 Å². The molecule has 1 N–H and O–H groups in total.